The van der Waals surface area contributed by atoms with Crippen LogP contribution >= 0.6 is 0 Å². The summed E-state index contributed by atoms with van der Waals surface area (Å²) in [4.78, 5) is 14.5. The number of hydrogen-bond donors (Lipinski definition) is 0. The second-order valence-corrected chi connectivity index (χ2v) is 12.8. The van der Waals surface area contributed by atoms with Gasteiger partial charge in [0.25, 0.3) is 0 Å². The molecule has 0 N–H and O–H groups in total. The third-order valence-corrected chi connectivity index (χ3v) is 9.45. The smallest absolute Gasteiger partial charge is 0.167 e. The van der Waals surface area contributed by atoms with Gasteiger partial charge in [-0.3, -0.25) is 0 Å². The fourth-order valence-electron chi connectivity index (χ4n) is 6.79. The van der Waals surface area contributed by atoms with E-state index in [-0.39, 0.29) is 33.8 Å². The summed E-state index contributed by atoms with van der Waals surface area (Å²) in [5.41, 5.74) is 0.603. The van der Waals surface area contributed by atoms with E-state index in [2.05, 4.69) is 0 Å². The second kappa shape index (κ2) is 13.0. The molecular formula is C51H31N3O2. The van der Waals surface area contributed by atoms with E-state index in [0.717, 1.165) is 21.9 Å². The van der Waals surface area contributed by atoms with E-state index >= 15 is 0 Å². The van der Waals surface area contributed by atoms with Crippen molar-refractivity contribution in [2.45, 2.75) is 0 Å². The molecule has 11 aromatic rings. The average molecular weight is 733 g/mol. The highest BCUT2D eigenvalue weighted by atomic mass is 16.3. The van der Waals surface area contributed by atoms with Crippen LogP contribution in [0, 0.1) is 0 Å². The highest BCUT2D eigenvalue weighted by Crippen LogP contribution is 2.40. The Bertz CT molecular complexity index is 4060. The van der Waals surface area contributed by atoms with Crippen molar-refractivity contribution in [3.8, 4) is 67.5 Å². The van der Waals surface area contributed by atoms with E-state index in [1.165, 1.54) is 0 Å². The highest BCUT2D eigenvalue weighted by molar-refractivity contribution is 6.13. The summed E-state index contributed by atoms with van der Waals surface area (Å²) in [6, 6.07) is 19.1. The Labute approximate surface area is 343 Å². The third-order valence-electron chi connectivity index (χ3n) is 9.45. The number of hydrogen-bond acceptors (Lipinski definition) is 5. The number of nitrogens with zero attached hydrogens (tertiary/aromatic N) is 3. The van der Waals surface area contributed by atoms with Crippen LogP contribution in [0.1, 0.15) is 20.6 Å². The molecule has 0 aliphatic rings. The fourth-order valence-corrected chi connectivity index (χ4v) is 6.79. The van der Waals surface area contributed by atoms with Gasteiger partial charge in [-0.05, 0) is 63.6 Å². The molecule has 0 radical (unpaired) electrons. The molecular weight excluding hydrogens is 687 g/mol. The van der Waals surface area contributed by atoms with Crippen LogP contribution in [-0.4, -0.2) is 15.0 Å². The lowest BCUT2D eigenvalue weighted by molar-refractivity contribution is 0.668. The van der Waals surface area contributed by atoms with Gasteiger partial charge in [0.05, 0.1) is 26.1 Å². The van der Waals surface area contributed by atoms with Crippen LogP contribution in [0.15, 0.2) is 197 Å². The van der Waals surface area contributed by atoms with Crippen molar-refractivity contribution in [1.29, 1.82) is 0 Å². The van der Waals surface area contributed by atoms with Gasteiger partial charge in [-0.1, -0.05) is 157 Å². The molecule has 0 saturated carbocycles. The number of fused-ring (bicyclic) bond motifs is 6. The molecule has 0 spiro atoms. The molecule has 0 saturated heterocycles. The van der Waals surface area contributed by atoms with Crippen molar-refractivity contribution < 1.29 is 29.4 Å². The van der Waals surface area contributed by atoms with Crippen LogP contribution in [-0.2, 0) is 0 Å². The lowest BCUT2D eigenvalue weighted by Gasteiger charge is -2.10. The first-order chi connectivity index (χ1) is 34.0. The quantitative estimate of drug-likeness (QED) is 0.170. The van der Waals surface area contributed by atoms with Crippen LogP contribution < -0.4 is 0 Å². The Hall–Kier alpha value is -7.63. The summed E-state index contributed by atoms with van der Waals surface area (Å²) in [5, 5.41) is 1.01. The van der Waals surface area contributed by atoms with Gasteiger partial charge in [0.2, 0.25) is 0 Å². The molecule has 0 aliphatic carbocycles. The van der Waals surface area contributed by atoms with Gasteiger partial charge >= 0.3 is 0 Å². The van der Waals surface area contributed by atoms with Crippen molar-refractivity contribution >= 4 is 43.9 Å². The van der Waals surface area contributed by atoms with Crippen molar-refractivity contribution in [2.24, 2.45) is 0 Å². The van der Waals surface area contributed by atoms with Crippen LogP contribution in [0.5, 0.6) is 0 Å². The zero-order valence-electron chi connectivity index (χ0n) is 43.9. The first-order valence-corrected chi connectivity index (χ1v) is 17.5. The largest absolute Gasteiger partial charge is 0.456 e. The van der Waals surface area contributed by atoms with Gasteiger partial charge in [-0.2, -0.15) is 0 Å². The topological polar surface area (TPSA) is 65.0 Å². The Morgan fingerprint density at radius 3 is 1.86 bits per heavy atom. The molecule has 0 fully saturated rings. The van der Waals surface area contributed by atoms with E-state index < -0.39 is 124 Å². The summed E-state index contributed by atoms with van der Waals surface area (Å²) >= 11 is 0. The number of furan rings is 2. The number of para-hydroxylation sites is 2. The Balaban J connectivity index is 1.17. The molecule has 3 heterocycles. The van der Waals surface area contributed by atoms with E-state index in [1.807, 2.05) is 91.0 Å². The molecule has 0 aliphatic heterocycles. The second-order valence-electron chi connectivity index (χ2n) is 12.8. The van der Waals surface area contributed by atoms with Crippen molar-refractivity contribution in [1.82, 2.24) is 15.0 Å². The third kappa shape index (κ3) is 5.45. The minimum absolute atomic E-state index is 0.112. The van der Waals surface area contributed by atoms with Gasteiger partial charge in [0.1, 0.15) is 22.3 Å². The molecule has 8 aromatic carbocycles. The first-order valence-electron chi connectivity index (χ1n) is 25.0. The molecule has 0 unspecified atom stereocenters. The molecule has 5 nitrogen and oxygen atoms in total. The highest BCUT2D eigenvalue weighted by Gasteiger charge is 2.19. The SMILES string of the molecule is [2H]c1c([2H])c([2H])c(-c2c([2H])c([2H])c(-c3c([2H])c([2H])c([2H])c4oc5c([2H])c(-c6nc(-c7ccc(-c8ccccc8)cc7)nc(-c7cccc8c7oc7ccccc78)n6)c([2H])c([2H])c5c34)c([2H])c2[2H])c([2H])c1[2H]. The number of benzene rings is 8. The molecule has 262 valence electrons. The maximum Gasteiger partial charge on any atom is 0.167 e. The van der Waals surface area contributed by atoms with Crippen LogP contribution in [0.3, 0.4) is 0 Å². The van der Waals surface area contributed by atoms with E-state index in [0.29, 0.717) is 22.3 Å². The zero-order chi connectivity index (χ0) is 50.1. The predicted molar refractivity (Wildman–Crippen MR) is 227 cm³/mol. The molecule has 0 atom stereocenters. The minimum atomic E-state index is -0.841. The fraction of sp³-hybridized carbons (Fsp3) is 0. The molecule has 56 heavy (non-hydrogen) atoms. The van der Waals surface area contributed by atoms with Crippen LogP contribution in [0.4, 0.5) is 0 Å². The average Bonchev–Trinajstić information content (AvgIpc) is 3.98. The zero-order valence-corrected chi connectivity index (χ0v) is 28.9. The lowest BCUT2D eigenvalue weighted by Crippen LogP contribution is -2.00. The summed E-state index contributed by atoms with van der Waals surface area (Å²) in [6.07, 6.45) is 0. The summed E-state index contributed by atoms with van der Waals surface area (Å²) in [7, 11) is 0. The Morgan fingerprint density at radius 2 is 1.02 bits per heavy atom. The van der Waals surface area contributed by atoms with Gasteiger partial charge < -0.3 is 8.83 Å². The van der Waals surface area contributed by atoms with Crippen molar-refractivity contribution in [3.63, 3.8) is 0 Å². The summed E-state index contributed by atoms with van der Waals surface area (Å²) in [6.45, 7) is 0. The number of rotatable bonds is 6. The first kappa shape index (κ1) is 20.2. The van der Waals surface area contributed by atoms with E-state index in [1.54, 1.807) is 6.07 Å². The van der Waals surface area contributed by atoms with E-state index in [9.17, 15) is 6.85 Å². The Morgan fingerprint density at radius 1 is 0.357 bits per heavy atom. The van der Waals surface area contributed by atoms with Crippen molar-refractivity contribution in [3.05, 3.63) is 188 Å². The summed E-state index contributed by atoms with van der Waals surface area (Å²) in [5.74, 6) is 0.0601. The maximum atomic E-state index is 9.66. The molecule has 0 amide bonds. The summed E-state index contributed by atoms with van der Waals surface area (Å²) < 4.78 is 146. The van der Waals surface area contributed by atoms with E-state index in [4.69, 9.17) is 37.5 Å². The van der Waals surface area contributed by atoms with Gasteiger partial charge in [0, 0.05) is 32.7 Å². The molecule has 0 bridgehead atoms. The van der Waals surface area contributed by atoms with Crippen molar-refractivity contribution in [2.75, 3.05) is 0 Å². The molecule has 5 heteroatoms. The maximum absolute atomic E-state index is 9.66. The molecule has 11 rings (SSSR count). The predicted octanol–water partition coefficient (Wildman–Crippen LogP) is 13.7. The van der Waals surface area contributed by atoms with Gasteiger partial charge in [-0.25, -0.2) is 15.0 Å². The lowest BCUT2D eigenvalue weighted by atomic mass is 9.96. The standard InChI is InChI=1S/C51H31N3O2/c1-3-11-32(12-4-1)34-21-25-36(26-22-34)39-16-10-20-45-47(39)42-30-29-38(31-46(42)55-45)50-52-49(37-27-23-35(24-28-37)33-13-5-2-6-14-33)53-51(54-50)43-18-9-17-41-40-15-7-8-19-44(40)56-48(41)43/h1-31H/i1D,3D,4D,10D,11D,12D,16D,20D,21D,22D,25D,26D,29D,30D,31D. The van der Waals surface area contributed by atoms with Gasteiger partial charge in [0.15, 0.2) is 17.5 Å². The Kier molecular flexibility index (Phi) is 4.70. The monoisotopic (exact) mass is 732 g/mol. The van der Waals surface area contributed by atoms with Crippen LogP contribution in [0.25, 0.3) is 111 Å². The number of aromatic nitrogens is 3. The minimum Gasteiger partial charge on any atom is -0.456 e. The van der Waals surface area contributed by atoms with Gasteiger partial charge in [-0.15, -0.1) is 0 Å². The van der Waals surface area contributed by atoms with Crippen LogP contribution in [0.2, 0.25) is 0 Å². The normalized spacial score (nSPS) is 15.3. The molecule has 3 aromatic heterocycles.